The predicted molar refractivity (Wildman–Crippen MR) is 62.0 cm³/mol. The van der Waals surface area contributed by atoms with Gasteiger partial charge in [0.25, 0.3) is 0 Å². The maximum Gasteiger partial charge on any atom is 0.0735 e. The van der Waals surface area contributed by atoms with Crippen molar-refractivity contribution in [2.45, 2.75) is 30.4 Å². The van der Waals surface area contributed by atoms with Crippen LogP contribution in [0.3, 0.4) is 0 Å². The first-order valence-corrected chi connectivity index (χ1v) is 6.04. The van der Waals surface area contributed by atoms with Crippen LogP contribution in [-0.4, -0.2) is 10.9 Å². The van der Waals surface area contributed by atoms with Crippen molar-refractivity contribution in [2.75, 3.05) is 0 Å². The highest BCUT2D eigenvalue weighted by Gasteiger charge is 2.27. The van der Waals surface area contributed by atoms with Gasteiger partial charge in [0.2, 0.25) is 0 Å². The largest absolute Gasteiger partial charge is 0.373 e. The standard InChI is InChI=1S/C11H12BrClO/c12-9-5-10(6-9)14-7-8-3-1-2-4-11(8)13/h1-4,9-10H,5-7H2. The summed E-state index contributed by atoms with van der Waals surface area (Å²) >= 11 is 9.54. The van der Waals surface area contributed by atoms with Gasteiger partial charge in [-0.25, -0.2) is 0 Å². The summed E-state index contributed by atoms with van der Waals surface area (Å²) in [5, 5.41) is 0.794. The van der Waals surface area contributed by atoms with Crippen molar-refractivity contribution in [1.29, 1.82) is 0 Å². The Kier molecular flexibility index (Phi) is 3.47. The van der Waals surface area contributed by atoms with E-state index < -0.39 is 0 Å². The monoisotopic (exact) mass is 274 g/mol. The SMILES string of the molecule is Clc1ccccc1COC1CC(Br)C1. The van der Waals surface area contributed by atoms with Crippen molar-refractivity contribution in [3.05, 3.63) is 34.9 Å². The predicted octanol–water partition coefficient (Wildman–Crippen LogP) is 3.78. The molecule has 0 aliphatic heterocycles. The summed E-state index contributed by atoms with van der Waals surface area (Å²) in [6.45, 7) is 0.629. The molecule has 0 aromatic heterocycles. The first-order chi connectivity index (χ1) is 6.75. The molecule has 0 atom stereocenters. The van der Waals surface area contributed by atoms with Gasteiger partial charge in [0, 0.05) is 9.85 Å². The Balaban J connectivity index is 1.83. The molecule has 1 aliphatic rings. The van der Waals surface area contributed by atoms with E-state index in [4.69, 9.17) is 16.3 Å². The molecule has 0 unspecified atom stereocenters. The van der Waals surface area contributed by atoms with Crippen LogP contribution >= 0.6 is 27.5 Å². The molecule has 3 heteroatoms. The Hall–Kier alpha value is -0.0500. The van der Waals surface area contributed by atoms with E-state index in [0.717, 1.165) is 23.4 Å². The Morgan fingerprint density at radius 1 is 1.36 bits per heavy atom. The van der Waals surface area contributed by atoms with E-state index in [1.165, 1.54) is 0 Å². The molecule has 1 fully saturated rings. The average Bonchev–Trinajstić information content (AvgIpc) is 2.13. The van der Waals surface area contributed by atoms with Gasteiger partial charge >= 0.3 is 0 Å². The van der Waals surface area contributed by atoms with Crippen molar-refractivity contribution in [1.82, 2.24) is 0 Å². The second-order valence-corrected chi connectivity index (χ2v) is 5.30. The van der Waals surface area contributed by atoms with Gasteiger partial charge in [-0.3, -0.25) is 0 Å². The molecule has 0 heterocycles. The summed E-state index contributed by atoms with van der Waals surface area (Å²) in [6.07, 6.45) is 2.64. The third-order valence-electron chi connectivity index (χ3n) is 2.47. The molecule has 0 bridgehead atoms. The van der Waals surface area contributed by atoms with Gasteiger partial charge in [-0.1, -0.05) is 45.7 Å². The van der Waals surface area contributed by atoms with Crippen molar-refractivity contribution < 1.29 is 4.74 Å². The quantitative estimate of drug-likeness (QED) is 0.763. The Morgan fingerprint density at radius 2 is 2.07 bits per heavy atom. The fourth-order valence-corrected chi connectivity index (χ4v) is 2.48. The summed E-state index contributed by atoms with van der Waals surface area (Å²) in [5.74, 6) is 0. The molecule has 2 rings (SSSR count). The maximum atomic E-state index is 6.01. The minimum Gasteiger partial charge on any atom is -0.373 e. The van der Waals surface area contributed by atoms with E-state index in [0.29, 0.717) is 17.5 Å². The minimum absolute atomic E-state index is 0.413. The number of ether oxygens (including phenoxy) is 1. The summed E-state index contributed by atoms with van der Waals surface area (Å²) in [7, 11) is 0. The van der Waals surface area contributed by atoms with E-state index in [1.54, 1.807) is 0 Å². The molecule has 1 aromatic rings. The lowest BCUT2D eigenvalue weighted by molar-refractivity contribution is -0.00388. The summed E-state index contributed by atoms with van der Waals surface area (Å²) in [5.41, 5.74) is 1.08. The molecule has 0 saturated heterocycles. The van der Waals surface area contributed by atoms with Crippen LogP contribution in [-0.2, 0) is 11.3 Å². The summed E-state index contributed by atoms with van der Waals surface area (Å²) < 4.78 is 5.70. The highest BCUT2D eigenvalue weighted by Crippen LogP contribution is 2.30. The highest BCUT2D eigenvalue weighted by molar-refractivity contribution is 9.09. The van der Waals surface area contributed by atoms with Gasteiger partial charge < -0.3 is 4.74 Å². The molecule has 1 saturated carbocycles. The second kappa shape index (κ2) is 4.65. The van der Waals surface area contributed by atoms with Crippen molar-refractivity contribution in [3.8, 4) is 0 Å². The van der Waals surface area contributed by atoms with E-state index in [1.807, 2.05) is 24.3 Å². The van der Waals surface area contributed by atoms with E-state index in [9.17, 15) is 0 Å². The first kappa shape index (κ1) is 10.5. The first-order valence-electron chi connectivity index (χ1n) is 4.75. The number of alkyl halides is 1. The highest BCUT2D eigenvalue weighted by atomic mass is 79.9. The second-order valence-electron chi connectivity index (χ2n) is 3.59. The number of hydrogen-bond donors (Lipinski definition) is 0. The lowest BCUT2D eigenvalue weighted by Crippen LogP contribution is -2.31. The Morgan fingerprint density at radius 3 is 2.71 bits per heavy atom. The van der Waals surface area contributed by atoms with Gasteiger partial charge in [-0.2, -0.15) is 0 Å². The zero-order chi connectivity index (χ0) is 9.97. The number of benzene rings is 1. The molecular weight excluding hydrogens is 263 g/mol. The minimum atomic E-state index is 0.413. The molecule has 0 spiro atoms. The van der Waals surface area contributed by atoms with Crippen LogP contribution in [0, 0.1) is 0 Å². The molecule has 1 aromatic carbocycles. The lowest BCUT2D eigenvalue weighted by Gasteiger charge is -2.31. The van der Waals surface area contributed by atoms with E-state index in [2.05, 4.69) is 15.9 Å². The van der Waals surface area contributed by atoms with Crippen molar-refractivity contribution in [3.63, 3.8) is 0 Å². The average molecular weight is 276 g/mol. The Bertz CT molecular complexity index is 310. The van der Waals surface area contributed by atoms with Gasteiger partial charge in [0.15, 0.2) is 0 Å². The van der Waals surface area contributed by atoms with Crippen LogP contribution in [0.15, 0.2) is 24.3 Å². The third-order valence-corrected chi connectivity index (χ3v) is 3.59. The normalized spacial score (nSPS) is 25.9. The molecule has 1 aliphatic carbocycles. The zero-order valence-corrected chi connectivity index (χ0v) is 10.1. The third kappa shape index (κ3) is 2.50. The maximum absolute atomic E-state index is 6.01. The van der Waals surface area contributed by atoms with Gasteiger partial charge in [-0.05, 0) is 24.5 Å². The van der Waals surface area contributed by atoms with Crippen molar-refractivity contribution >= 4 is 27.5 Å². The van der Waals surface area contributed by atoms with Gasteiger partial charge in [-0.15, -0.1) is 0 Å². The van der Waals surface area contributed by atoms with Crippen LogP contribution in [0.25, 0.3) is 0 Å². The van der Waals surface area contributed by atoms with Crippen LogP contribution in [0.2, 0.25) is 5.02 Å². The van der Waals surface area contributed by atoms with Crippen LogP contribution < -0.4 is 0 Å². The lowest BCUT2D eigenvalue weighted by atomic mass is 9.96. The van der Waals surface area contributed by atoms with E-state index in [-0.39, 0.29) is 0 Å². The molecule has 0 amide bonds. The fourth-order valence-electron chi connectivity index (χ4n) is 1.46. The Labute approximate surface area is 97.5 Å². The zero-order valence-electron chi connectivity index (χ0n) is 7.75. The molecule has 76 valence electrons. The summed E-state index contributed by atoms with van der Waals surface area (Å²) in [4.78, 5) is 0.652. The van der Waals surface area contributed by atoms with Crippen molar-refractivity contribution in [2.24, 2.45) is 0 Å². The molecule has 1 nitrogen and oxygen atoms in total. The number of halogens is 2. The van der Waals surface area contributed by atoms with Crippen LogP contribution in [0.1, 0.15) is 18.4 Å². The van der Waals surface area contributed by atoms with E-state index >= 15 is 0 Å². The summed E-state index contributed by atoms with van der Waals surface area (Å²) in [6, 6.07) is 7.82. The van der Waals surface area contributed by atoms with Gasteiger partial charge in [0.05, 0.1) is 12.7 Å². The number of hydrogen-bond acceptors (Lipinski definition) is 1. The van der Waals surface area contributed by atoms with Gasteiger partial charge in [0.1, 0.15) is 0 Å². The molecule has 14 heavy (non-hydrogen) atoms. The molecule has 0 radical (unpaired) electrons. The smallest absolute Gasteiger partial charge is 0.0735 e. The fraction of sp³-hybridized carbons (Fsp3) is 0.455. The molecular formula is C11H12BrClO. The number of rotatable bonds is 3. The topological polar surface area (TPSA) is 9.23 Å². The molecule has 0 N–H and O–H groups in total. The van der Waals surface area contributed by atoms with Crippen LogP contribution in [0.5, 0.6) is 0 Å². The van der Waals surface area contributed by atoms with Crippen LogP contribution in [0.4, 0.5) is 0 Å².